The van der Waals surface area contributed by atoms with Crippen molar-refractivity contribution in [2.75, 3.05) is 6.61 Å². The van der Waals surface area contributed by atoms with Crippen LogP contribution in [0.1, 0.15) is 42.7 Å². The van der Waals surface area contributed by atoms with Gasteiger partial charge in [-0.1, -0.05) is 30.3 Å². The van der Waals surface area contributed by atoms with Crippen molar-refractivity contribution in [1.82, 2.24) is 0 Å². The Morgan fingerprint density at radius 3 is 2.68 bits per heavy atom. The summed E-state index contributed by atoms with van der Waals surface area (Å²) in [5.41, 5.74) is 8.86. The van der Waals surface area contributed by atoms with Crippen LogP contribution in [0.25, 0.3) is 0 Å². The second-order valence-electron chi connectivity index (χ2n) is 6.87. The zero-order valence-electron chi connectivity index (χ0n) is 15.5. The molecule has 144 valence electrons. The van der Waals surface area contributed by atoms with E-state index in [-0.39, 0.29) is 29.8 Å². The van der Waals surface area contributed by atoms with Crippen LogP contribution in [-0.4, -0.2) is 18.4 Å². The number of allylic oxidation sites excluding steroid dienone is 2. The number of benzene rings is 1. The van der Waals surface area contributed by atoms with Gasteiger partial charge in [0.2, 0.25) is 5.88 Å². The van der Waals surface area contributed by atoms with Gasteiger partial charge in [0, 0.05) is 18.4 Å². The molecular weight excluding hydrogens is 374 g/mol. The maximum absolute atomic E-state index is 13.2. The Hall–Kier alpha value is -2.86. The van der Waals surface area contributed by atoms with E-state index in [1.807, 2.05) is 47.2 Å². The lowest BCUT2D eigenvalue weighted by Crippen LogP contribution is -2.33. The quantitative estimate of drug-likeness (QED) is 0.792. The van der Waals surface area contributed by atoms with E-state index in [0.29, 0.717) is 24.2 Å². The van der Waals surface area contributed by atoms with E-state index in [1.165, 1.54) is 11.3 Å². The Morgan fingerprint density at radius 1 is 1.21 bits per heavy atom. The monoisotopic (exact) mass is 395 g/mol. The van der Waals surface area contributed by atoms with E-state index in [9.17, 15) is 9.59 Å². The number of thiophene rings is 1. The number of esters is 1. The van der Waals surface area contributed by atoms with E-state index in [2.05, 4.69) is 0 Å². The van der Waals surface area contributed by atoms with E-state index in [1.54, 1.807) is 6.92 Å². The Bertz CT molecular complexity index is 960. The molecular formula is C22H21NO4S. The molecule has 0 amide bonds. The molecule has 0 fully saturated rings. The lowest BCUT2D eigenvalue weighted by Gasteiger charge is -2.34. The van der Waals surface area contributed by atoms with E-state index < -0.39 is 11.9 Å². The smallest absolute Gasteiger partial charge is 0.340 e. The zero-order chi connectivity index (χ0) is 19.7. The fourth-order valence-corrected chi connectivity index (χ4v) is 4.63. The topological polar surface area (TPSA) is 78.6 Å². The highest BCUT2D eigenvalue weighted by Gasteiger charge is 2.43. The number of ether oxygens (including phenoxy) is 2. The molecule has 0 unspecified atom stereocenters. The maximum atomic E-state index is 13.2. The summed E-state index contributed by atoms with van der Waals surface area (Å²) in [5, 5.41) is 3.85. The largest absolute Gasteiger partial charge is 0.462 e. The van der Waals surface area contributed by atoms with Gasteiger partial charge in [0.15, 0.2) is 5.78 Å². The summed E-state index contributed by atoms with van der Waals surface area (Å²) in [6.45, 7) is 1.96. The fraction of sp³-hybridized carbons (Fsp3) is 0.273. The first-order chi connectivity index (χ1) is 13.6. The molecule has 1 aliphatic carbocycles. The minimum absolute atomic E-state index is 0.0133. The zero-order valence-corrected chi connectivity index (χ0v) is 16.3. The van der Waals surface area contributed by atoms with E-state index in [0.717, 1.165) is 11.1 Å². The molecule has 28 heavy (non-hydrogen) atoms. The van der Waals surface area contributed by atoms with Crippen molar-refractivity contribution in [2.45, 2.75) is 31.6 Å². The van der Waals surface area contributed by atoms with Gasteiger partial charge in [0.25, 0.3) is 0 Å². The average Bonchev–Trinajstić information content (AvgIpc) is 3.22. The lowest BCUT2D eigenvalue weighted by molar-refractivity contribution is -0.139. The van der Waals surface area contributed by atoms with Crippen molar-refractivity contribution in [3.05, 3.63) is 81.1 Å². The minimum atomic E-state index is -0.543. The summed E-state index contributed by atoms with van der Waals surface area (Å²) in [6.07, 6.45) is 0.950. The standard InChI is InChI=1S/C22H21NO4S/c1-2-26-22(25)20-18(14-8-9-28-12-14)19-16(24)10-15(11-17(19)27-21(20)23)13-6-4-3-5-7-13/h3-9,12,15,18H,2,10-11,23H2,1H3/t15-,18-/m0/s1. The summed E-state index contributed by atoms with van der Waals surface area (Å²) < 4.78 is 11.0. The van der Waals surface area contributed by atoms with Crippen molar-refractivity contribution >= 4 is 23.1 Å². The fourth-order valence-electron chi connectivity index (χ4n) is 3.95. The number of carbonyl (C=O) groups excluding carboxylic acids is 2. The normalized spacial score (nSPS) is 22.0. The second-order valence-corrected chi connectivity index (χ2v) is 7.65. The van der Waals surface area contributed by atoms with Gasteiger partial charge in [-0.15, -0.1) is 0 Å². The van der Waals surface area contributed by atoms with Crippen molar-refractivity contribution in [1.29, 1.82) is 0 Å². The van der Waals surface area contributed by atoms with Crippen molar-refractivity contribution in [2.24, 2.45) is 5.73 Å². The molecule has 2 N–H and O–H groups in total. The van der Waals surface area contributed by atoms with Gasteiger partial charge < -0.3 is 15.2 Å². The highest BCUT2D eigenvalue weighted by Crippen LogP contribution is 2.47. The molecule has 4 rings (SSSR count). The SMILES string of the molecule is CCOC(=O)C1=C(N)OC2=C(C(=O)C[C@H](c3ccccc3)C2)[C@@H]1c1ccsc1. The number of Topliss-reactive ketones (excluding diaryl/α,β-unsaturated/α-hetero) is 1. The molecule has 6 heteroatoms. The van der Waals surface area contributed by atoms with Crippen LogP contribution in [0.3, 0.4) is 0 Å². The molecule has 0 bridgehead atoms. The van der Waals surface area contributed by atoms with Crippen molar-refractivity contribution < 1.29 is 19.1 Å². The first kappa shape index (κ1) is 18.5. The van der Waals surface area contributed by atoms with Crippen molar-refractivity contribution in [3.8, 4) is 0 Å². The third-order valence-electron chi connectivity index (χ3n) is 5.18. The lowest BCUT2D eigenvalue weighted by atomic mass is 9.74. The number of carbonyl (C=O) groups is 2. The van der Waals surface area contributed by atoms with Gasteiger partial charge in [-0.2, -0.15) is 11.3 Å². The number of ketones is 1. The molecule has 5 nitrogen and oxygen atoms in total. The van der Waals surface area contributed by atoms with Gasteiger partial charge >= 0.3 is 5.97 Å². The first-order valence-corrected chi connectivity index (χ1v) is 10.2. The van der Waals surface area contributed by atoms with Gasteiger partial charge in [-0.25, -0.2) is 4.79 Å². The maximum Gasteiger partial charge on any atom is 0.340 e. The van der Waals surface area contributed by atoms with Gasteiger partial charge in [-0.05, 0) is 40.8 Å². The molecule has 0 spiro atoms. The van der Waals surface area contributed by atoms with Gasteiger partial charge in [-0.3, -0.25) is 4.79 Å². The summed E-state index contributed by atoms with van der Waals surface area (Å²) >= 11 is 1.51. The van der Waals surface area contributed by atoms with Crippen LogP contribution in [0.2, 0.25) is 0 Å². The molecule has 1 aliphatic heterocycles. The highest BCUT2D eigenvalue weighted by molar-refractivity contribution is 7.08. The molecule has 2 aliphatic rings. The minimum Gasteiger partial charge on any atom is -0.462 e. The van der Waals surface area contributed by atoms with Gasteiger partial charge in [0.05, 0.1) is 12.5 Å². The van der Waals surface area contributed by atoms with Crippen LogP contribution in [0.5, 0.6) is 0 Å². The predicted molar refractivity (Wildman–Crippen MR) is 106 cm³/mol. The Balaban J connectivity index is 1.77. The van der Waals surface area contributed by atoms with Gasteiger partial charge in [0.1, 0.15) is 11.3 Å². The molecule has 0 saturated carbocycles. The molecule has 2 heterocycles. The molecule has 0 saturated heterocycles. The van der Waals surface area contributed by atoms with E-state index >= 15 is 0 Å². The van der Waals surface area contributed by atoms with Crippen LogP contribution in [0, 0.1) is 0 Å². The number of rotatable bonds is 4. The molecule has 0 radical (unpaired) electrons. The van der Waals surface area contributed by atoms with Crippen LogP contribution in [0.4, 0.5) is 0 Å². The molecule has 1 aromatic carbocycles. The second kappa shape index (κ2) is 7.64. The molecule has 1 aromatic heterocycles. The van der Waals surface area contributed by atoms with E-state index in [4.69, 9.17) is 15.2 Å². The Labute approximate surface area is 167 Å². The summed E-state index contributed by atoms with van der Waals surface area (Å²) in [5.74, 6) is -0.478. The third kappa shape index (κ3) is 3.24. The van der Waals surface area contributed by atoms with Crippen LogP contribution in [-0.2, 0) is 19.1 Å². The van der Waals surface area contributed by atoms with Crippen LogP contribution < -0.4 is 5.73 Å². The van der Waals surface area contributed by atoms with Crippen LogP contribution in [0.15, 0.2) is 69.9 Å². The average molecular weight is 395 g/mol. The number of nitrogens with two attached hydrogens (primary N) is 1. The predicted octanol–water partition coefficient (Wildman–Crippen LogP) is 4.00. The summed E-state index contributed by atoms with van der Waals surface area (Å²) in [4.78, 5) is 25.8. The summed E-state index contributed by atoms with van der Waals surface area (Å²) in [7, 11) is 0. The first-order valence-electron chi connectivity index (χ1n) is 9.28. The number of hydrogen-bond acceptors (Lipinski definition) is 6. The Morgan fingerprint density at radius 2 is 2.00 bits per heavy atom. The molecule has 2 atom stereocenters. The van der Waals surface area contributed by atoms with Crippen LogP contribution >= 0.6 is 11.3 Å². The van der Waals surface area contributed by atoms with Crippen molar-refractivity contribution in [3.63, 3.8) is 0 Å². The molecule has 2 aromatic rings. The highest BCUT2D eigenvalue weighted by atomic mass is 32.1. The summed E-state index contributed by atoms with van der Waals surface area (Å²) in [6, 6.07) is 11.8. The number of hydrogen-bond donors (Lipinski definition) is 1. The third-order valence-corrected chi connectivity index (χ3v) is 5.88. The Kier molecular flexibility index (Phi) is 5.05.